The van der Waals surface area contributed by atoms with Crippen LogP contribution in [0.25, 0.3) is 0 Å². The number of ether oxygens (including phenoxy) is 1. The molecule has 1 aromatic carbocycles. The molecule has 0 spiro atoms. The summed E-state index contributed by atoms with van der Waals surface area (Å²) in [6.07, 6.45) is 0.945. The Labute approximate surface area is 110 Å². The first-order chi connectivity index (χ1) is 8.06. The molecule has 3 nitrogen and oxygen atoms in total. The van der Waals surface area contributed by atoms with Crippen LogP contribution >= 0.6 is 15.9 Å². The van der Waals surface area contributed by atoms with E-state index < -0.39 is 0 Å². The molecule has 0 aliphatic carbocycles. The molecular formula is C13H16BrNO2. The Balaban J connectivity index is 2.15. The monoisotopic (exact) mass is 297 g/mol. The van der Waals surface area contributed by atoms with Crippen LogP contribution in [0.2, 0.25) is 0 Å². The molecule has 0 saturated carbocycles. The lowest BCUT2D eigenvalue weighted by Crippen LogP contribution is -2.25. The summed E-state index contributed by atoms with van der Waals surface area (Å²) in [7, 11) is 0. The molecule has 17 heavy (non-hydrogen) atoms. The maximum absolute atomic E-state index is 11.2. The summed E-state index contributed by atoms with van der Waals surface area (Å²) in [6.45, 7) is 4.48. The second kappa shape index (κ2) is 5.08. The molecule has 1 aliphatic rings. The van der Waals surface area contributed by atoms with Crippen molar-refractivity contribution in [3.8, 4) is 5.75 Å². The maximum Gasteiger partial charge on any atom is 0.262 e. The topological polar surface area (TPSA) is 38.3 Å². The maximum atomic E-state index is 11.2. The Kier molecular flexibility index (Phi) is 3.72. The molecule has 1 atom stereocenters. The highest BCUT2D eigenvalue weighted by Crippen LogP contribution is 2.30. The van der Waals surface area contributed by atoms with Crippen molar-refractivity contribution in [1.82, 2.24) is 0 Å². The van der Waals surface area contributed by atoms with Gasteiger partial charge in [-0.2, -0.15) is 0 Å². The highest BCUT2D eigenvalue weighted by Gasteiger charge is 2.17. The lowest BCUT2D eigenvalue weighted by molar-refractivity contribution is -0.118. The van der Waals surface area contributed by atoms with E-state index in [0.29, 0.717) is 10.7 Å². The second-order valence-electron chi connectivity index (χ2n) is 4.63. The zero-order chi connectivity index (χ0) is 12.4. The summed E-state index contributed by atoms with van der Waals surface area (Å²) in [6, 6.07) is 5.96. The predicted molar refractivity (Wildman–Crippen MR) is 71.8 cm³/mol. The lowest BCUT2D eigenvalue weighted by Gasteiger charge is -2.20. The van der Waals surface area contributed by atoms with Crippen molar-refractivity contribution in [3.63, 3.8) is 0 Å². The number of carbonyl (C=O) groups excluding carboxylic acids is 1. The first kappa shape index (κ1) is 12.4. The van der Waals surface area contributed by atoms with Crippen molar-refractivity contribution in [1.29, 1.82) is 0 Å². The van der Waals surface area contributed by atoms with Gasteiger partial charge in [-0.1, -0.05) is 35.8 Å². The summed E-state index contributed by atoms with van der Waals surface area (Å²) in [4.78, 5) is 11.7. The van der Waals surface area contributed by atoms with Crippen molar-refractivity contribution in [2.45, 2.75) is 25.1 Å². The number of carbonyl (C=O) groups is 1. The lowest BCUT2D eigenvalue weighted by atomic mass is 10.0. The second-order valence-corrected chi connectivity index (χ2v) is 5.81. The minimum Gasteiger partial charge on any atom is -0.482 e. The zero-order valence-electron chi connectivity index (χ0n) is 10.00. The number of benzene rings is 1. The third kappa shape index (κ3) is 3.00. The molecule has 92 valence electrons. The number of hydrogen-bond donors (Lipinski definition) is 1. The van der Waals surface area contributed by atoms with Crippen molar-refractivity contribution in [3.05, 3.63) is 23.8 Å². The van der Waals surface area contributed by atoms with E-state index in [2.05, 4.69) is 35.1 Å². The average molecular weight is 298 g/mol. The number of amides is 1. The van der Waals surface area contributed by atoms with E-state index in [9.17, 15) is 4.79 Å². The number of fused-ring (bicyclic) bond motifs is 1. The highest BCUT2D eigenvalue weighted by molar-refractivity contribution is 9.09. The van der Waals surface area contributed by atoms with Gasteiger partial charge >= 0.3 is 0 Å². The Hall–Kier alpha value is -1.03. The van der Waals surface area contributed by atoms with Crippen LogP contribution in [-0.2, 0) is 11.2 Å². The molecular weight excluding hydrogens is 282 g/mol. The molecule has 0 radical (unpaired) electrons. The molecule has 1 aromatic rings. The first-order valence-corrected chi connectivity index (χ1v) is 6.67. The molecule has 4 heteroatoms. The van der Waals surface area contributed by atoms with Gasteiger partial charge in [-0.15, -0.1) is 0 Å². The van der Waals surface area contributed by atoms with Gasteiger partial charge in [-0.05, 0) is 30.0 Å². The third-order valence-corrected chi connectivity index (χ3v) is 4.21. The highest BCUT2D eigenvalue weighted by atomic mass is 79.9. The van der Waals surface area contributed by atoms with Crippen LogP contribution in [-0.4, -0.2) is 17.3 Å². The Morgan fingerprint density at radius 1 is 1.47 bits per heavy atom. The van der Waals surface area contributed by atoms with Crippen LogP contribution in [0.1, 0.15) is 19.4 Å². The molecule has 2 rings (SSSR count). The van der Waals surface area contributed by atoms with E-state index in [0.717, 1.165) is 17.9 Å². The largest absolute Gasteiger partial charge is 0.482 e. The standard InChI is InChI=1S/C13H16BrNO2/c1-8(2)10(14)5-9-3-4-12-11(6-9)15-13(16)7-17-12/h3-4,6,8,10H,5,7H2,1-2H3,(H,15,16). The van der Waals surface area contributed by atoms with E-state index in [1.807, 2.05) is 18.2 Å². The smallest absolute Gasteiger partial charge is 0.262 e. The van der Waals surface area contributed by atoms with Crippen LogP contribution in [0.4, 0.5) is 5.69 Å². The number of anilines is 1. The Morgan fingerprint density at radius 3 is 2.94 bits per heavy atom. The van der Waals surface area contributed by atoms with E-state index >= 15 is 0 Å². The van der Waals surface area contributed by atoms with E-state index in [-0.39, 0.29) is 12.5 Å². The van der Waals surface area contributed by atoms with Gasteiger partial charge in [0.25, 0.3) is 5.91 Å². The summed E-state index contributed by atoms with van der Waals surface area (Å²) in [5.74, 6) is 1.25. The van der Waals surface area contributed by atoms with E-state index in [4.69, 9.17) is 4.74 Å². The van der Waals surface area contributed by atoms with Crippen molar-refractivity contribution < 1.29 is 9.53 Å². The van der Waals surface area contributed by atoms with Crippen LogP contribution < -0.4 is 10.1 Å². The molecule has 0 saturated heterocycles. The Morgan fingerprint density at radius 2 is 2.24 bits per heavy atom. The summed E-state index contributed by atoms with van der Waals surface area (Å²) < 4.78 is 5.32. The molecule has 1 amide bonds. The number of nitrogens with one attached hydrogen (secondary N) is 1. The van der Waals surface area contributed by atoms with Gasteiger partial charge in [-0.25, -0.2) is 0 Å². The number of hydrogen-bond acceptors (Lipinski definition) is 2. The SMILES string of the molecule is CC(C)C(Br)Cc1ccc2c(c1)NC(=O)CO2. The van der Waals surface area contributed by atoms with Crippen molar-refractivity contribution in [2.75, 3.05) is 11.9 Å². The van der Waals surface area contributed by atoms with Gasteiger partial charge in [0.2, 0.25) is 0 Å². The number of rotatable bonds is 3. The van der Waals surface area contributed by atoms with Crippen molar-refractivity contribution >= 4 is 27.5 Å². The first-order valence-electron chi connectivity index (χ1n) is 5.76. The fourth-order valence-electron chi connectivity index (χ4n) is 1.72. The van der Waals surface area contributed by atoms with E-state index in [1.165, 1.54) is 5.56 Å². The summed E-state index contributed by atoms with van der Waals surface area (Å²) in [5.41, 5.74) is 1.98. The molecule has 1 N–H and O–H groups in total. The third-order valence-electron chi connectivity index (χ3n) is 2.83. The number of halogens is 1. The van der Waals surface area contributed by atoms with Crippen LogP contribution in [0.5, 0.6) is 5.75 Å². The van der Waals surface area contributed by atoms with Crippen LogP contribution in [0.3, 0.4) is 0 Å². The van der Waals surface area contributed by atoms with Gasteiger partial charge in [0.15, 0.2) is 6.61 Å². The normalized spacial score (nSPS) is 16.1. The molecule has 0 fully saturated rings. The average Bonchev–Trinajstić information content (AvgIpc) is 2.28. The zero-order valence-corrected chi connectivity index (χ0v) is 11.6. The van der Waals surface area contributed by atoms with Crippen LogP contribution in [0, 0.1) is 5.92 Å². The molecule has 0 aromatic heterocycles. The minimum atomic E-state index is -0.0890. The van der Waals surface area contributed by atoms with Gasteiger partial charge in [-0.3, -0.25) is 4.79 Å². The van der Waals surface area contributed by atoms with Crippen molar-refractivity contribution in [2.24, 2.45) is 5.92 Å². The van der Waals surface area contributed by atoms with Gasteiger partial charge < -0.3 is 10.1 Å². The Bertz CT molecular complexity index is 431. The fourth-order valence-corrected chi connectivity index (χ4v) is 2.09. The minimum absolute atomic E-state index is 0.0890. The predicted octanol–water partition coefficient (Wildman–Crippen LogP) is 2.98. The molecule has 1 unspecified atom stereocenters. The van der Waals surface area contributed by atoms with Gasteiger partial charge in [0.1, 0.15) is 5.75 Å². The molecule has 1 heterocycles. The summed E-state index contributed by atoms with van der Waals surface area (Å²) in [5, 5.41) is 2.82. The fraction of sp³-hybridized carbons (Fsp3) is 0.462. The van der Waals surface area contributed by atoms with Gasteiger partial charge in [0, 0.05) is 4.83 Å². The summed E-state index contributed by atoms with van der Waals surface area (Å²) >= 11 is 3.67. The van der Waals surface area contributed by atoms with Gasteiger partial charge in [0.05, 0.1) is 5.69 Å². The van der Waals surface area contributed by atoms with E-state index in [1.54, 1.807) is 0 Å². The quantitative estimate of drug-likeness (QED) is 0.871. The van der Waals surface area contributed by atoms with Crippen LogP contribution in [0.15, 0.2) is 18.2 Å². The molecule has 0 bridgehead atoms. The molecule has 1 aliphatic heterocycles. The number of alkyl halides is 1.